The molecule has 0 fully saturated rings. The van der Waals surface area contributed by atoms with Crippen molar-refractivity contribution in [3.05, 3.63) is 81.9 Å². The third kappa shape index (κ3) is 3.35. The number of allylic oxidation sites excluding steroid dienone is 2. The van der Waals surface area contributed by atoms with Crippen LogP contribution in [-0.2, 0) is 13.1 Å². The first-order chi connectivity index (χ1) is 14.2. The fourth-order valence-electron chi connectivity index (χ4n) is 4.31. The van der Waals surface area contributed by atoms with Crippen LogP contribution < -0.4 is 5.32 Å². The predicted octanol–water partition coefficient (Wildman–Crippen LogP) is 4.75. The first kappa shape index (κ1) is 18.1. The molecule has 0 radical (unpaired) electrons. The van der Waals surface area contributed by atoms with Gasteiger partial charge in [-0.15, -0.1) is 10.2 Å². The number of aromatic nitrogens is 3. The number of fused-ring (bicyclic) bond motifs is 3. The number of hydrogen-bond acceptors (Lipinski definition) is 4. The van der Waals surface area contributed by atoms with Crippen LogP contribution in [0.3, 0.4) is 0 Å². The normalized spacial score (nSPS) is 18.2. The van der Waals surface area contributed by atoms with Crippen LogP contribution in [0.4, 0.5) is 0 Å². The Morgan fingerprint density at radius 3 is 2.90 bits per heavy atom. The van der Waals surface area contributed by atoms with Crippen LogP contribution in [0.5, 0.6) is 0 Å². The summed E-state index contributed by atoms with van der Waals surface area (Å²) in [6, 6.07) is 16.1. The molecule has 0 spiro atoms. The summed E-state index contributed by atoms with van der Waals surface area (Å²) >= 11 is 6.22. The maximum absolute atomic E-state index is 9.16. The number of nitrogens with one attached hydrogen (secondary N) is 1. The molecule has 1 N–H and O–H groups in total. The molecule has 0 unspecified atom stereocenters. The zero-order valence-corrected chi connectivity index (χ0v) is 16.7. The average molecular weight is 402 g/mol. The van der Waals surface area contributed by atoms with Crippen LogP contribution in [0.25, 0.3) is 11.3 Å². The average Bonchev–Trinajstić information content (AvgIpc) is 3.09. The lowest BCUT2D eigenvalue weighted by atomic mass is 9.85. The van der Waals surface area contributed by atoms with E-state index in [4.69, 9.17) is 16.9 Å². The van der Waals surface area contributed by atoms with Crippen LogP contribution in [0.15, 0.2) is 48.5 Å². The van der Waals surface area contributed by atoms with Crippen LogP contribution in [0, 0.1) is 11.3 Å². The molecular weight excluding hydrogens is 382 g/mol. The van der Waals surface area contributed by atoms with Gasteiger partial charge < -0.3 is 5.32 Å². The van der Waals surface area contributed by atoms with E-state index in [2.05, 4.69) is 44.4 Å². The Kier molecular flexibility index (Phi) is 4.67. The van der Waals surface area contributed by atoms with E-state index >= 15 is 0 Å². The lowest BCUT2D eigenvalue weighted by Gasteiger charge is -2.23. The van der Waals surface area contributed by atoms with Gasteiger partial charge in [-0.1, -0.05) is 29.8 Å². The third-order valence-electron chi connectivity index (χ3n) is 5.77. The van der Waals surface area contributed by atoms with Gasteiger partial charge in [-0.2, -0.15) is 5.26 Å². The smallest absolute Gasteiger partial charge is 0.151 e. The third-order valence-corrected chi connectivity index (χ3v) is 6.01. The highest BCUT2D eigenvalue weighted by atomic mass is 35.5. The van der Waals surface area contributed by atoms with Crippen molar-refractivity contribution < 1.29 is 0 Å². The molecule has 0 amide bonds. The van der Waals surface area contributed by atoms with E-state index in [-0.39, 0.29) is 0 Å². The number of halogens is 1. The van der Waals surface area contributed by atoms with Crippen molar-refractivity contribution in [1.82, 2.24) is 20.1 Å². The molecule has 0 saturated carbocycles. The highest BCUT2D eigenvalue weighted by molar-refractivity contribution is 6.30. The zero-order valence-electron chi connectivity index (χ0n) is 15.9. The van der Waals surface area contributed by atoms with Crippen LogP contribution >= 0.6 is 11.6 Å². The van der Waals surface area contributed by atoms with Crippen molar-refractivity contribution in [2.75, 3.05) is 0 Å². The van der Waals surface area contributed by atoms with Gasteiger partial charge in [-0.3, -0.25) is 4.57 Å². The van der Waals surface area contributed by atoms with Gasteiger partial charge in [0.05, 0.1) is 23.9 Å². The number of rotatable bonds is 2. The van der Waals surface area contributed by atoms with Crippen molar-refractivity contribution in [2.45, 2.75) is 38.3 Å². The molecule has 2 heterocycles. The van der Waals surface area contributed by atoms with E-state index in [1.54, 1.807) is 0 Å². The molecule has 0 bridgehead atoms. The maximum atomic E-state index is 9.16. The monoisotopic (exact) mass is 401 g/mol. The van der Waals surface area contributed by atoms with Crippen molar-refractivity contribution in [3.63, 3.8) is 0 Å². The molecule has 0 saturated heterocycles. The largest absolute Gasteiger partial charge is 0.306 e. The molecule has 2 aromatic carbocycles. The van der Waals surface area contributed by atoms with Gasteiger partial charge in [0, 0.05) is 17.5 Å². The quantitative estimate of drug-likeness (QED) is 0.673. The molecule has 144 valence electrons. The summed E-state index contributed by atoms with van der Waals surface area (Å²) in [6.45, 7) is 1.46. The molecule has 1 atom stereocenters. The van der Waals surface area contributed by atoms with Gasteiger partial charge in [0.2, 0.25) is 0 Å². The van der Waals surface area contributed by atoms with E-state index < -0.39 is 0 Å². The van der Waals surface area contributed by atoms with Gasteiger partial charge >= 0.3 is 0 Å². The van der Waals surface area contributed by atoms with Gasteiger partial charge in [0.1, 0.15) is 5.82 Å². The van der Waals surface area contributed by atoms with E-state index in [1.807, 2.05) is 30.3 Å². The lowest BCUT2D eigenvalue weighted by molar-refractivity contribution is 0.576. The topological polar surface area (TPSA) is 66.5 Å². The number of nitrogens with zero attached hydrogens (tertiary/aromatic N) is 4. The Hall–Kier alpha value is -2.94. The van der Waals surface area contributed by atoms with Gasteiger partial charge in [0.15, 0.2) is 5.82 Å². The van der Waals surface area contributed by atoms with Crippen molar-refractivity contribution in [1.29, 1.82) is 5.26 Å². The minimum Gasteiger partial charge on any atom is -0.306 e. The zero-order chi connectivity index (χ0) is 19.8. The van der Waals surface area contributed by atoms with Gasteiger partial charge in [0.25, 0.3) is 0 Å². The molecule has 1 aliphatic carbocycles. The Bertz CT molecular complexity index is 1150. The summed E-state index contributed by atoms with van der Waals surface area (Å²) in [7, 11) is 0. The minimum absolute atomic E-state index is 0.320. The summed E-state index contributed by atoms with van der Waals surface area (Å²) in [6.07, 6.45) is 5.19. The first-order valence-corrected chi connectivity index (χ1v) is 10.2. The van der Waals surface area contributed by atoms with E-state index in [1.165, 1.54) is 5.57 Å². The molecule has 6 heteroatoms. The van der Waals surface area contributed by atoms with Crippen LogP contribution in [0.2, 0.25) is 5.02 Å². The number of nitriles is 1. The fourth-order valence-corrected chi connectivity index (χ4v) is 4.51. The summed E-state index contributed by atoms with van der Waals surface area (Å²) in [4.78, 5) is 0. The minimum atomic E-state index is 0.320. The second-order valence-electron chi connectivity index (χ2n) is 7.58. The summed E-state index contributed by atoms with van der Waals surface area (Å²) in [5.41, 5.74) is 5.44. The summed E-state index contributed by atoms with van der Waals surface area (Å²) in [5.74, 6) is 2.28. The molecule has 29 heavy (non-hydrogen) atoms. The van der Waals surface area contributed by atoms with Gasteiger partial charge in [-0.25, -0.2) is 0 Å². The Morgan fingerprint density at radius 2 is 2.07 bits per heavy atom. The molecule has 1 aliphatic heterocycles. The number of hydrogen-bond donors (Lipinski definition) is 1. The van der Waals surface area contributed by atoms with Crippen molar-refractivity contribution in [2.24, 2.45) is 0 Å². The lowest BCUT2D eigenvalue weighted by Crippen LogP contribution is -2.13. The predicted molar refractivity (Wildman–Crippen MR) is 113 cm³/mol. The highest BCUT2D eigenvalue weighted by Crippen LogP contribution is 2.37. The number of benzene rings is 2. The first-order valence-electron chi connectivity index (χ1n) is 9.86. The second kappa shape index (κ2) is 7.47. The molecule has 1 aromatic heterocycles. The standard InChI is InChI=1S/C23H20ClN5/c24-20-8-9-21-19(11-20)13-26-14-22-27-28-23(29(21)22)17-6-4-16(5-7-17)18-3-1-2-15(10-18)12-25/h1-4,8-11,17,26H,5-7,13-14H2/t17-/m1/s1. The Balaban J connectivity index is 1.47. The molecule has 2 aliphatic rings. The molecular formula is C23H20ClN5. The van der Waals surface area contributed by atoms with Crippen molar-refractivity contribution in [3.8, 4) is 11.8 Å². The van der Waals surface area contributed by atoms with Gasteiger partial charge in [-0.05, 0) is 66.3 Å². The second-order valence-corrected chi connectivity index (χ2v) is 8.02. The maximum Gasteiger partial charge on any atom is 0.151 e. The van der Waals surface area contributed by atoms with E-state index in [0.29, 0.717) is 18.0 Å². The fraction of sp³-hybridized carbons (Fsp3) is 0.261. The summed E-state index contributed by atoms with van der Waals surface area (Å²) < 4.78 is 2.21. The van der Waals surface area contributed by atoms with Crippen molar-refractivity contribution >= 4 is 17.2 Å². The summed E-state index contributed by atoms with van der Waals surface area (Å²) in [5, 5.41) is 22.4. The van der Waals surface area contributed by atoms with Crippen LogP contribution in [-0.4, -0.2) is 14.8 Å². The molecule has 3 aromatic rings. The van der Waals surface area contributed by atoms with Crippen LogP contribution in [0.1, 0.15) is 53.5 Å². The Labute approximate surface area is 174 Å². The molecule has 5 nitrogen and oxygen atoms in total. The Morgan fingerprint density at radius 1 is 1.14 bits per heavy atom. The SMILES string of the molecule is N#Cc1cccc(C2=CC[C@@H](c3nnc4n3-c3ccc(Cl)cc3CNC4)CC2)c1. The molecule has 5 rings (SSSR count). The highest BCUT2D eigenvalue weighted by Gasteiger charge is 2.26. The van der Waals surface area contributed by atoms with E-state index in [9.17, 15) is 0 Å². The van der Waals surface area contributed by atoms with E-state index in [0.717, 1.165) is 59.3 Å².